The van der Waals surface area contributed by atoms with Gasteiger partial charge < -0.3 is 0 Å². The van der Waals surface area contributed by atoms with E-state index in [0.717, 1.165) is 12.8 Å². The summed E-state index contributed by atoms with van der Waals surface area (Å²) in [6.45, 7) is 0. The molecule has 0 aromatic heterocycles. The van der Waals surface area contributed by atoms with Gasteiger partial charge in [0, 0.05) is 0 Å². The summed E-state index contributed by atoms with van der Waals surface area (Å²) in [5, 5.41) is 12.4. The Hall–Kier alpha value is -2.26. The van der Waals surface area contributed by atoms with Crippen LogP contribution in [0, 0.1) is 0 Å². The molecule has 0 amide bonds. The van der Waals surface area contributed by atoms with Gasteiger partial charge >= 0.3 is 158 Å². The molecule has 1 atom stereocenters. The van der Waals surface area contributed by atoms with Crippen LogP contribution >= 0.6 is 0 Å². The maximum atomic E-state index is 12.4. The zero-order valence-electron chi connectivity index (χ0n) is 14.8. The van der Waals surface area contributed by atoms with Crippen LogP contribution in [0.25, 0.3) is 0 Å². The van der Waals surface area contributed by atoms with Gasteiger partial charge in [0.05, 0.1) is 0 Å². The van der Waals surface area contributed by atoms with E-state index in [2.05, 4.69) is 97.1 Å². The van der Waals surface area contributed by atoms with Crippen molar-refractivity contribution < 1.29 is 5.11 Å². The van der Waals surface area contributed by atoms with Crippen molar-refractivity contribution in [3.8, 4) is 0 Å². The normalized spacial score (nSPS) is 17.5. The van der Waals surface area contributed by atoms with E-state index in [1.807, 2.05) is 0 Å². The molecule has 2 heteroatoms. The fourth-order valence-corrected chi connectivity index (χ4v) is 16.0. The minimum atomic E-state index is -3.04. The van der Waals surface area contributed by atoms with Crippen molar-refractivity contribution in [3.63, 3.8) is 0 Å². The molecule has 0 bridgehead atoms. The van der Waals surface area contributed by atoms with E-state index in [-0.39, 0.29) is 0 Å². The molecule has 3 aromatic carbocycles. The van der Waals surface area contributed by atoms with Crippen LogP contribution in [0.15, 0.2) is 103 Å². The van der Waals surface area contributed by atoms with Crippen LogP contribution in [0.1, 0.15) is 19.3 Å². The first-order valence-corrected chi connectivity index (χ1v) is 13.7. The molecule has 0 spiro atoms. The summed E-state index contributed by atoms with van der Waals surface area (Å²) in [4.78, 5) is 0. The average molecular weight is 400 g/mol. The third-order valence-electron chi connectivity index (χ3n) is 5.57. The Morgan fingerprint density at radius 1 is 0.654 bits per heavy atom. The fraction of sp³-hybridized carbons (Fsp3) is 0.167. The van der Waals surface area contributed by atoms with Gasteiger partial charge in [-0.05, 0) is 0 Å². The Morgan fingerprint density at radius 3 is 1.46 bits per heavy atom. The third-order valence-corrected chi connectivity index (χ3v) is 16.7. The van der Waals surface area contributed by atoms with Gasteiger partial charge in [-0.15, -0.1) is 0 Å². The quantitative estimate of drug-likeness (QED) is 0.590. The molecule has 1 radical (unpaired) electrons. The molecule has 0 N–H and O–H groups in total. The van der Waals surface area contributed by atoms with Crippen LogP contribution in [0.5, 0.6) is 0 Å². The molecule has 0 fully saturated rings. The topological polar surface area (TPSA) is 19.9 Å². The Morgan fingerprint density at radius 2 is 1.08 bits per heavy atom. The standard InChI is InChI=1S/C24H23GeO/c26-24-18-10-17-23(19-24)25(20-11-4-1-5-12-20,21-13-6-2-7-14-21)22-15-8-3-9-16-22/h1-9,11-16,19,23H,10,17-18H2. The van der Waals surface area contributed by atoms with E-state index in [4.69, 9.17) is 0 Å². The molecule has 26 heavy (non-hydrogen) atoms. The van der Waals surface area contributed by atoms with E-state index in [9.17, 15) is 5.11 Å². The van der Waals surface area contributed by atoms with Crippen LogP contribution in [-0.4, -0.2) is 13.3 Å². The van der Waals surface area contributed by atoms with Crippen molar-refractivity contribution >= 4 is 26.5 Å². The Kier molecular flexibility index (Phi) is 4.98. The van der Waals surface area contributed by atoms with Crippen LogP contribution < -0.4 is 13.2 Å². The molecular formula is C24H23GeO. The second kappa shape index (κ2) is 7.55. The first-order valence-electron chi connectivity index (χ1n) is 9.36. The SMILES string of the molecule is [O]C1=C[CH]([Ge]([c]2ccccc2)([c]2ccccc2)[c]2ccccc2)CCC1. The van der Waals surface area contributed by atoms with Crippen LogP contribution in [0.2, 0.25) is 4.75 Å². The molecule has 0 saturated heterocycles. The van der Waals surface area contributed by atoms with Crippen molar-refractivity contribution in [2.75, 3.05) is 0 Å². The molecule has 129 valence electrons. The van der Waals surface area contributed by atoms with Crippen molar-refractivity contribution in [1.29, 1.82) is 0 Å². The monoisotopic (exact) mass is 401 g/mol. The minimum absolute atomic E-state index is 0.319. The van der Waals surface area contributed by atoms with Crippen molar-refractivity contribution in [3.05, 3.63) is 103 Å². The first kappa shape index (κ1) is 17.2. The zero-order chi connectivity index (χ0) is 17.8. The van der Waals surface area contributed by atoms with Gasteiger partial charge in [0.1, 0.15) is 0 Å². The van der Waals surface area contributed by atoms with E-state index >= 15 is 0 Å². The predicted molar refractivity (Wildman–Crippen MR) is 110 cm³/mol. The summed E-state index contributed by atoms with van der Waals surface area (Å²) < 4.78 is 4.63. The molecule has 3 aromatic rings. The number of benzene rings is 3. The Labute approximate surface area is 158 Å². The van der Waals surface area contributed by atoms with Gasteiger partial charge in [0.15, 0.2) is 0 Å². The second-order valence-corrected chi connectivity index (χ2v) is 15.6. The Balaban J connectivity index is 2.05. The van der Waals surface area contributed by atoms with Gasteiger partial charge in [0.2, 0.25) is 0 Å². The molecule has 1 aliphatic carbocycles. The molecule has 0 heterocycles. The summed E-state index contributed by atoms with van der Waals surface area (Å²) in [6.07, 6.45) is 4.87. The molecule has 4 rings (SSSR count). The van der Waals surface area contributed by atoms with Crippen molar-refractivity contribution in [2.45, 2.75) is 24.0 Å². The van der Waals surface area contributed by atoms with Crippen molar-refractivity contribution in [1.82, 2.24) is 0 Å². The third kappa shape index (κ3) is 3.01. The molecule has 0 aliphatic heterocycles. The van der Waals surface area contributed by atoms with E-state index in [1.54, 1.807) is 0 Å². The molecular weight excluding hydrogens is 377 g/mol. The average Bonchev–Trinajstić information content (AvgIpc) is 2.71. The first-order chi connectivity index (χ1) is 12.8. The summed E-state index contributed by atoms with van der Waals surface area (Å²) in [7, 11) is 0. The summed E-state index contributed by atoms with van der Waals surface area (Å²) in [6, 6.07) is 32.8. The van der Waals surface area contributed by atoms with Crippen LogP contribution in [0.3, 0.4) is 0 Å². The van der Waals surface area contributed by atoms with E-state index in [1.165, 1.54) is 13.2 Å². The summed E-state index contributed by atoms with van der Waals surface area (Å²) in [5.41, 5.74) is 0. The van der Waals surface area contributed by atoms with Gasteiger partial charge in [-0.25, -0.2) is 0 Å². The predicted octanol–water partition coefficient (Wildman–Crippen LogP) is 4.03. The van der Waals surface area contributed by atoms with Crippen LogP contribution in [-0.2, 0) is 5.11 Å². The number of hydrogen-bond donors (Lipinski definition) is 0. The zero-order valence-corrected chi connectivity index (χ0v) is 16.9. The number of hydrogen-bond acceptors (Lipinski definition) is 0. The van der Waals surface area contributed by atoms with E-state index < -0.39 is 13.3 Å². The number of allylic oxidation sites excluding steroid dienone is 2. The Bertz CT molecular complexity index is 775. The second-order valence-electron chi connectivity index (χ2n) is 7.04. The molecule has 1 aliphatic rings. The fourth-order valence-electron chi connectivity index (χ4n) is 4.47. The van der Waals surface area contributed by atoms with Gasteiger partial charge in [-0.1, -0.05) is 0 Å². The van der Waals surface area contributed by atoms with Gasteiger partial charge in [-0.3, -0.25) is 0 Å². The van der Waals surface area contributed by atoms with Gasteiger partial charge in [0.25, 0.3) is 0 Å². The van der Waals surface area contributed by atoms with Crippen LogP contribution in [0.4, 0.5) is 0 Å². The summed E-state index contributed by atoms with van der Waals surface area (Å²) in [5.74, 6) is 0.319. The van der Waals surface area contributed by atoms with Crippen molar-refractivity contribution in [2.24, 2.45) is 0 Å². The van der Waals surface area contributed by atoms with E-state index in [0.29, 0.717) is 16.9 Å². The van der Waals surface area contributed by atoms with Gasteiger partial charge in [-0.2, -0.15) is 0 Å². The summed E-state index contributed by atoms with van der Waals surface area (Å²) >= 11 is -3.04. The molecule has 1 nitrogen and oxygen atoms in total. The maximum absolute atomic E-state index is 12.4. The molecule has 1 unspecified atom stereocenters. The number of rotatable bonds is 4. The molecule has 0 saturated carbocycles.